The van der Waals surface area contributed by atoms with E-state index in [0.717, 1.165) is 19.0 Å². The van der Waals surface area contributed by atoms with Crippen molar-refractivity contribution in [2.75, 3.05) is 19.6 Å². The molecule has 0 fully saturated rings. The predicted octanol–water partition coefficient (Wildman–Crippen LogP) is 3.07. The lowest BCUT2D eigenvalue weighted by Crippen LogP contribution is -2.46. The summed E-state index contributed by atoms with van der Waals surface area (Å²) < 4.78 is 0. The van der Waals surface area contributed by atoms with Crippen molar-refractivity contribution in [1.29, 1.82) is 0 Å². The van der Waals surface area contributed by atoms with E-state index in [0.29, 0.717) is 6.04 Å². The van der Waals surface area contributed by atoms with Gasteiger partial charge in [-0.05, 0) is 30.0 Å². The number of nitrogens with zero attached hydrogens (tertiary/aromatic N) is 1. The average molecular weight is 260 g/mol. The van der Waals surface area contributed by atoms with Crippen LogP contribution in [0.3, 0.4) is 0 Å². The summed E-state index contributed by atoms with van der Waals surface area (Å²) in [6.07, 6.45) is 2.46. The van der Waals surface area contributed by atoms with Crippen molar-refractivity contribution in [3.05, 3.63) is 35.4 Å². The molecule has 0 saturated heterocycles. The van der Waals surface area contributed by atoms with E-state index in [1.807, 2.05) is 0 Å². The summed E-state index contributed by atoms with van der Waals surface area (Å²) in [6.45, 7) is 11.4. The molecule has 2 atom stereocenters. The third-order valence-electron chi connectivity index (χ3n) is 4.46. The van der Waals surface area contributed by atoms with Crippen LogP contribution in [0.25, 0.3) is 0 Å². The molecule has 1 heterocycles. The minimum Gasteiger partial charge on any atom is -0.313 e. The molecule has 2 heteroatoms. The van der Waals surface area contributed by atoms with Crippen LogP contribution in [0.5, 0.6) is 0 Å². The Hall–Kier alpha value is -0.860. The summed E-state index contributed by atoms with van der Waals surface area (Å²) >= 11 is 0. The lowest BCUT2D eigenvalue weighted by molar-refractivity contribution is 0.197. The van der Waals surface area contributed by atoms with Crippen molar-refractivity contribution in [2.45, 2.75) is 46.2 Å². The van der Waals surface area contributed by atoms with E-state index < -0.39 is 0 Å². The van der Waals surface area contributed by atoms with Gasteiger partial charge in [0.15, 0.2) is 0 Å². The Balaban J connectivity index is 1.96. The fourth-order valence-corrected chi connectivity index (χ4v) is 2.98. The van der Waals surface area contributed by atoms with Crippen LogP contribution in [0.4, 0.5) is 0 Å². The van der Waals surface area contributed by atoms with Crippen LogP contribution in [0, 0.1) is 5.92 Å². The molecule has 1 aliphatic rings. The number of likely N-dealkylation sites (N-methyl/N-ethyl adjacent to an activating group) is 1. The number of nitrogens with one attached hydrogen (secondary N) is 1. The first-order valence-corrected chi connectivity index (χ1v) is 7.77. The van der Waals surface area contributed by atoms with Gasteiger partial charge in [-0.25, -0.2) is 0 Å². The van der Waals surface area contributed by atoms with Gasteiger partial charge in [0.2, 0.25) is 0 Å². The standard InChI is InChI=1S/C17H28N2/c1-4-14(3)17(18-5-2)13-19-11-10-15-8-6-7-9-16(15)12-19/h6-9,14,17-18H,4-5,10-13H2,1-3H3. The van der Waals surface area contributed by atoms with Crippen LogP contribution in [0.15, 0.2) is 24.3 Å². The van der Waals surface area contributed by atoms with Crippen molar-refractivity contribution < 1.29 is 0 Å². The summed E-state index contributed by atoms with van der Waals surface area (Å²) in [5.41, 5.74) is 3.07. The van der Waals surface area contributed by atoms with E-state index in [4.69, 9.17) is 0 Å². The quantitative estimate of drug-likeness (QED) is 0.845. The first-order valence-electron chi connectivity index (χ1n) is 7.77. The van der Waals surface area contributed by atoms with Crippen LogP contribution < -0.4 is 5.32 Å². The average Bonchev–Trinajstić information content (AvgIpc) is 2.46. The Kier molecular flexibility index (Phi) is 5.41. The largest absolute Gasteiger partial charge is 0.313 e. The first kappa shape index (κ1) is 14.5. The molecular weight excluding hydrogens is 232 g/mol. The van der Waals surface area contributed by atoms with Crippen molar-refractivity contribution in [2.24, 2.45) is 5.92 Å². The van der Waals surface area contributed by atoms with Crippen molar-refractivity contribution in [1.82, 2.24) is 10.2 Å². The molecule has 106 valence electrons. The zero-order valence-corrected chi connectivity index (χ0v) is 12.7. The van der Waals surface area contributed by atoms with Crippen molar-refractivity contribution in [3.63, 3.8) is 0 Å². The number of fused-ring (bicyclic) bond motifs is 1. The second-order valence-corrected chi connectivity index (χ2v) is 5.80. The Labute approximate surface area is 118 Å². The highest BCUT2D eigenvalue weighted by atomic mass is 15.2. The summed E-state index contributed by atoms with van der Waals surface area (Å²) in [7, 11) is 0. The van der Waals surface area contributed by atoms with Gasteiger partial charge in [-0.3, -0.25) is 4.90 Å². The number of hydrogen-bond donors (Lipinski definition) is 1. The highest BCUT2D eigenvalue weighted by Crippen LogP contribution is 2.20. The molecule has 1 aromatic carbocycles. The van der Waals surface area contributed by atoms with Gasteiger partial charge in [-0.15, -0.1) is 0 Å². The minimum absolute atomic E-state index is 0.625. The fraction of sp³-hybridized carbons (Fsp3) is 0.647. The third-order valence-corrected chi connectivity index (χ3v) is 4.46. The SMILES string of the molecule is CCNC(CN1CCc2ccccc2C1)C(C)CC. The van der Waals surface area contributed by atoms with Crippen molar-refractivity contribution >= 4 is 0 Å². The number of hydrogen-bond acceptors (Lipinski definition) is 2. The monoisotopic (exact) mass is 260 g/mol. The summed E-state index contributed by atoms with van der Waals surface area (Å²) in [4.78, 5) is 2.61. The topological polar surface area (TPSA) is 15.3 Å². The van der Waals surface area contributed by atoms with Gasteiger partial charge < -0.3 is 5.32 Å². The highest BCUT2D eigenvalue weighted by molar-refractivity contribution is 5.29. The van der Waals surface area contributed by atoms with Crippen LogP contribution in [0.1, 0.15) is 38.3 Å². The van der Waals surface area contributed by atoms with Crippen LogP contribution in [-0.4, -0.2) is 30.6 Å². The van der Waals surface area contributed by atoms with E-state index in [1.54, 1.807) is 5.56 Å². The third kappa shape index (κ3) is 3.80. The highest BCUT2D eigenvalue weighted by Gasteiger charge is 2.21. The molecule has 0 bridgehead atoms. The minimum atomic E-state index is 0.625. The maximum atomic E-state index is 3.66. The lowest BCUT2D eigenvalue weighted by Gasteiger charge is -2.34. The summed E-state index contributed by atoms with van der Waals surface area (Å²) in [5.74, 6) is 0.747. The zero-order valence-electron chi connectivity index (χ0n) is 12.7. The molecule has 1 aliphatic heterocycles. The van der Waals surface area contributed by atoms with Gasteiger partial charge in [-0.2, -0.15) is 0 Å². The second-order valence-electron chi connectivity index (χ2n) is 5.80. The normalized spacial score (nSPS) is 18.9. The van der Waals surface area contributed by atoms with Crippen LogP contribution in [-0.2, 0) is 13.0 Å². The molecule has 2 unspecified atom stereocenters. The molecule has 2 nitrogen and oxygen atoms in total. The maximum Gasteiger partial charge on any atom is 0.0237 e. The Morgan fingerprint density at radius 3 is 2.63 bits per heavy atom. The van der Waals surface area contributed by atoms with Gasteiger partial charge in [0.05, 0.1) is 0 Å². The molecule has 19 heavy (non-hydrogen) atoms. The Morgan fingerprint density at radius 1 is 1.21 bits per heavy atom. The Bertz CT molecular complexity index is 389. The van der Waals surface area contributed by atoms with Crippen molar-refractivity contribution in [3.8, 4) is 0 Å². The van der Waals surface area contributed by atoms with Gasteiger partial charge in [0.1, 0.15) is 0 Å². The molecule has 1 aromatic rings. The van der Waals surface area contributed by atoms with E-state index in [2.05, 4.69) is 55.3 Å². The molecule has 0 aliphatic carbocycles. The molecule has 2 rings (SSSR count). The van der Waals surface area contributed by atoms with Gasteiger partial charge in [0.25, 0.3) is 0 Å². The molecule has 0 saturated carbocycles. The molecule has 0 amide bonds. The fourth-order valence-electron chi connectivity index (χ4n) is 2.98. The van der Waals surface area contributed by atoms with E-state index in [9.17, 15) is 0 Å². The van der Waals surface area contributed by atoms with E-state index in [1.165, 1.54) is 31.5 Å². The summed E-state index contributed by atoms with van der Waals surface area (Å²) in [6, 6.07) is 9.52. The Morgan fingerprint density at radius 2 is 1.95 bits per heavy atom. The molecule has 0 radical (unpaired) electrons. The zero-order chi connectivity index (χ0) is 13.7. The maximum absolute atomic E-state index is 3.66. The molecule has 0 spiro atoms. The lowest BCUT2D eigenvalue weighted by atomic mass is 9.95. The smallest absolute Gasteiger partial charge is 0.0237 e. The number of rotatable bonds is 6. The van der Waals surface area contributed by atoms with Gasteiger partial charge in [-0.1, -0.05) is 51.5 Å². The van der Waals surface area contributed by atoms with E-state index in [-0.39, 0.29) is 0 Å². The predicted molar refractivity (Wildman–Crippen MR) is 82.3 cm³/mol. The first-order chi connectivity index (χ1) is 9.24. The molecule has 1 N–H and O–H groups in total. The molecule has 0 aromatic heterocycles. The van der Waals surface area contributed by atoms with Gasteiger partial charge in [0, 0.05) is 25.7 Å². The molecular formula is C17H28N2. The summed E-state index contributed by atoms with van der Waals surface area (Å²) in [5, 5.41) is 3.66. The van der Waals surface area contributed by atoms with Crippen LogP contribution in [0.2, 0.25) is 0 Å². The second kappa shape index (κ2) is 7.06. The van der Waals surface area contributed by atoms with Crippen LogP contribution >= 0.6 is 0 Å². The van der Waals surface area contributed by atoms with E-state index >= 15 is 0 Å². The number of benzene rings is 1. The van der Waals surface area contributed by atoms with Gasteiger partial charge >= 0.3 is 0 Å².